The molecule has 0 aliphatic heterocycles. The Kier molecular flexibility index (Phi) is 2.08. The first kappa shape index (κ1) is 8.58. The molecular formula is C9H10N4O. The maximum atomic E-state index is 11.1. The minimum absolute atomic E-state index is 0.331. The number of H-pyrrole nitrogens is 2. The van der Waals surface area contributed by atoms with Crippen LogP contribution in [0.2, 0.25) is 0 Å². The Bertz CT molecular complexity index is 429. The smallest absolute Gasteiger partial charge is 0.281 e. The molecule has 0 saturated carbocycles. The molecule has 0 bridgehead atoms. The summed E-state index contributed by atoms with van der Waals surface area (Å²) in [5.74, 6) is 4.67. The number of hydrazine groups is 1. The van der Waals surface area contributed by atoms with E-state index < -0.39 is 0 Å². The molecule has 0 fully saturated rings. The van der Waals surface area contributed by atoms with E-state index in [4.69, 9.17) is 5.84 Å². The molecule has 5 N–H and O–H groups in total. The summed E-state index contributed by atoms with van der Waals surface area (Å²) >= 11 is 0. The number of nitrogens with two attached hydrogens (primary N) is 1. The second-order valence-electron chi connectivity index (χ2n) is 2.84. The third kappa shape index (κ3) is 1.40. The van der Waals surface area contributed by atoms with E-state index in [1.54, 1.807) is 6.07 Å². The van der Waals surface area contributed by atoms with Crippen LogP contribution in [0.1, 0.15) is 10.5 Å². The van der Waals surface area contributed by atoms with Gasteiger partial charge in [-0.3, -0.25) is 10.2 Å². The standard InChI is InChI=1S/C9H10N4O/c10-13-9(14)8-4-3-7(12-8)6-2-1-5-11-6/h1-5,11-12H,10H2,(H,13,14). The van der Waals surface area contributed by atoms with E-state index in [-0.39, 0.29) is 5.91 Å². The van der Waals surface area contributed by atoms with Crippen LogP contribution in [0.4, 0.5) is 0 Å². The first-order valence-electron chi connectivity index (χ1n) is 4.15. The summed E-state index contributed by atoms with van der Waals surface area (Å²) in [6.45, 7) is 0. The fraction of sp³-hybridized carbons (Fsp3) is 0. The summed E-state index contributed by atoms with van der Waals surface area (Å²) in [6.07, 6.45) is 1.82. The number of amides is 1. The Morgan fingerprint density at radius 2 is 2.14 bits per heavy atom. The van der Waals surface area contributed by atoms with Crippen molar-refractivity contribution in [2.24, 2.45) is 5.84 Å². The summed E-state index contributed by atoms with van der Waals surface area (Å²) in [4.78, 5) is 17.1. The largest absolute Gasteiger partial charge is 0.360 e. The quantitative estimate of drug-likeness (QED) is 0.318. The lowest BCUT2D eigenvalue weighted by Gasteiger charge is -1.95. The summed E-state index contributed by atoms with van der Waals surface area (Å²) in [5, 5.41) is 0. The van der Waals surface area contributed by atoms with Crippen LogP contribution in [0.5, 0.6) is 0 Å². The van der Waals surface area contributed by atoms with Gasteiger partial charge in [0, 0.05) is 6.20 Å². The Hall–Kier alpha value is -2.01. The van der Waals surface area contributed by atoms with Gasteiger partial charge in [-0.1, -0.05) is 0 Å². The van der Waals surface area contributed by atoms with Crippen LogP contribution < -0.4 is 11.3 Å². The fourth-order valence-corrected chi connectivity index (χ4v) is 1.26. The second kappa shape index (κ2) is 3.39. The number of hydrogen-bond acceptors (Lipinski definition) is 2. The summed E-state index contributed by atoms with van der Waals surface area (Å²) in [5.41, 5.74) is 4.29. The molecule has 2 rings (SSSR count). The zero-order valence-electron chi connectivity index (χ0n) is 7.37. The van der Waals surface area contributed by atoms with E-state index in [2.05, 4.69) is 15.4 Å². The van der Waals surface area contributed by atoms with Gasteiger partial charge in [0.05, 0.1) is 11.4 Å². The van der Waals surface area contributed by atoms with Gasteiger partial charge >= 0.3 is 0 Å². The Balaban J connectivity index is 2.31. The molecule has 14 heavy (non-hydrogen) atoms. The molecule has 0 unspecified atom stereocenters. The molecular weight excluding hydrogens is 180 g/mol. The van der Waals surface area contributed by atoms with Gasteiger partial charge in [0.1, 0.15) is 5.69 Å². The topological polar surface area (TPSA) is 86.7 Å². The highest BCUT2D eigenvalue weighted by Crippen LogP contribution is 2.15. The number of rotatable bonds is 2. The highest BCUT2D eigenvalue weighted by Gasteiger charge is 2.07. The highest BCUT2D eigenvalue weighted by atomic mass is 16.2. The lowest BCUT2D eigenvalue weighted by molar-refractivity contribution is 0.0949. The van der Waals surface area contributed by atoms with E-state index in [1.807, 2.05) is 24.4 Å². The van der Waals surface area contributed by atoms with Gasteiger partial charge in [0.15, 0.2) is 0 Å². The summed E-state index contributed by atoms with van der Waals surface area (Å²) in [6, 6.07) is 7.30. The van der Waals surface area contributed by atoms with Crippen LogP contribution in [-0.2, 0) is 0 Å². The lowest BCUT2D eigenvalue weighted by atomic mass is 10.3. The van der Waals surface area contributed by atoms with Gasteiger partial charge in [0.25, 0.3) is 5.91 Å². The number of hydrogen-bond donors (Lipinski definition) is 4. The van der Waals surface area contributed by atoms with Gasteiger partial charge in [-0.15, -0.1) is 0 Å². The van der Waals surface area contributed by atoms with Crippen molar-refractivity contribution in [3.05, 3.63) is 36.2 Å². The predicted molar refractivity (Wildman–Crippen MR) is 52.2 cm³/mol. The first-order chi connectivity index (χ1) is 6.81. The predicted octanol–water partition coefficient (Wildman–Crippen LogP) is 0.613. The molecule has 2 heterocycles. The number of nitrogen functional groups attached to an aromatic ring is 1. The van der Waals surface area contributed by atoms with Crippen LogP contribution in [0.25, 0.3) is 11.4 Å². The van der Waals surface area contributed by atoms with Crippen molar-refractivity contribution in [3.63, 3.8) is 0 Å². The molecule has 2 aromatic heterocycles. The normalized spacial score (nSPS) is 10.1. The Morgan fingerprint density at radius 3 is 2.79 bits per heavy atom. The van der Waals surface area contributed by atoms with Gasteiger partial charge in [0.2, 0.25) is 0 Å². The Labute approximate surface area is 80.3 Å². The third-order valence-corrected chi connectivity index (χ3v) is 1.95. The average Bonchev–Trinajstić information content (AvgIpc) is 2.86. The van der Waals surface area contributed by atoms with Crippen molar-refractivity contribution < 1.29 is 4.79 Å². The van der Waals surface area contributed by atoms with Crippen LogP contribution in [0.3, 0.4) is 0 Å². The van der Waals surface area contributed by atoms with Crippen molar-refractivity contribution in [3.8, 4) is 11.4 Å². The van der Waals surface area contributed by atoms with Crippen LogP contribution in [-0.4, -0.2) is 15.9 Å². The van der Waals surface area contributed by atoms with Gasteiger partial charge in [-0.05, 0) is 24.3 Å². The fourth-order valence-electron chi connectivity index (χ4n) is 1.26. The molecule has 0 saturated heterocycles. The van der Waals surface area contributed by atoms with E-state index >= 15 is 0 Å². The van der Waals surface area contributed by atoms with Crippen LogP contribution in [0.15, 0.2) is 30.5 Å². The Morgan fingerprint density at radius 1 is 1.29 bits per heavy atom. The number of carbonyl (C=O) groups excluding carboxylic acids is 1. The second-order valence-corrected chi connectivity index (χ2v) is 2.84. The van der Waals surface area contributed by atoms with Crippen molar-refractivity contribution in [1.29, 1.82) is 0 Å². The number of aromatic amines is 2. The van der Waals surface area contributed by atoms with Crippen molar-refractivity contribution in [2.45, 2.75) is 0 Å². The molecule has 0 aliphatic carbocycles. The molecule has 0 radical (unpaired) electrons. The summed E-state index contributed by atoms with van der Waals surface area (Å²) < 4.78 is 0. The zero-order chi connectivity index (χ0) is 9.97. The third-order valence-electron chi connectivity index (χ3n) is 1.95. The van der Waals surface area contributed by atoms with E-state index in [0.717, 1.165) is 11.4 Å². The molecule has 0 aliphatic rings. The van der Waals surface area contributed by atoms with Crippen molar-refractivity contribution >= 4 is 5.91 Å². The maximum absolute atomic E-state index is 11.1. The number of aromatic nitrogens is 2. The van der Waals surface area contributed by atoms with Crippen LogP contribution in [0, 0.1) is 0 Å². The maximum Gasteiger partial charge on any atom is 0.281 e. The van der Waals surface area contributed by atoms with E-state index in [0.29, 0.717) is 5.69 Å². The SMILES string of the molecule is NNC(=O)c1ccc(-c2ccc[nH]2)[nH]1. The van der Waals surface area contributed by atoms with E-state index in [1.165, 1.54) is 0 Å². The number of carbonyl (C=O) groups is 1. The molecule has 0 spiro atoms. The molecule has 2 aromatic rings. The van der Waals surface area contributed by atoms with Gasteiger partial charge < -0.3 is 9.97 Å². The zero-order valence-corrected chi connectivity index (χ0v) is 7.37. The number of nitrogens with one attached hydrogen (secondary N) is 3. The first-order valence-corrected chi connectivity index (χ1v) is 4.15. The highest BCUT2D eigenvalue weighted by molar-refractivity contribution is 5.92. The minimum atomic E-state index is -0.331. The molecule has 0 atom stereocenters. The molecule has 5 nitrogen and oxygen atoms in total. The lowest BCUT2D eigenvalue weighted by Crippen LogP contribution is -2.30. The summed E-state index contributed by atoms with van der Waals surface area (Å²) in [7, 11) is 0. The van der Waals surface area contributed by atoms with Crippen molar-refractivity contribution in [2.75, 3.05) is 0 Å². The van der Waals surface area contributed by atoms with Gasteiger partial charge in [-0.25, -0.2) is 5.84 Å². The molecule has 0 aromatic carbocycles. The van der Waals surface area contributed by atoms with Crippen molar-refractivity contribution in [1.82, 2.24) is 15.4 Å². The monoisotopic (exact) mass is 190 g/mol. The van der Waals surface area contributed by atoms with Gasteiger partial charge in [-0.2, -0.15) is 0 Å². The average molecular weight is 190 g/mol. The minimum Gasteiger partial charge on any atom is -0.360 e. The van der Waals surface area contributed by atoms with Crippen LogP contribution >= 0.6 is 0 Å². The molecule has 72 valence electrons. The molecule has 1 amide bonds. The molecule has 5 heteroatoms. The van der Waals surface area contributed by atoms with E-state index in [9.17, 15) is 4.79 Å².